The standard InChI is InChI=1S/C27H29NO3/c1-2-25(26(29)30)27(19-31-20-27)23-13-15-24(16-14-23)28(17-21-9-5-3-6-10-21)18-22-11-7-4-8-12-22/h3-16,25H,2,17-20H2,1H3,(H,29,30). The highest BCUT2D eigenvalue weighted by molar-refractivity contribution is 5.73. The van der Waals surface area contributed by atoms with Crippen molar-refractivity contribution in [3.8, 4) is 0 Å². The van der Waals surface area contributed by atoms with Gasteiger partial charge in [0, 0.05) is 18.8 Å². The molecule has 1 aliphatic heterocycles. The first-order chi connectivity index (χ1) is 15.1. The van der Waals surface area contributed by atoms with Crippen molar-refractivity contribution in [2.45, 2.75) is 31.8 Å². The smallest absolute Gasteiger partial charge is 0.307 e. The molecule has 1 atom stereocenters. The summed E-state index contributed by atoms with van der Waals surface area (Å²) in [5, 5.41) is 9.74. The summed E-state index contributed by atoms with van der Waals surface area (Å²) in [4.78, 5) is 14.2. The first-order valence-electron chi connectivity index (χ1n) is 10.9. The van der Waals surface area contributed by atoms with E-state index in [2.05, 4.69) is 77.7 Å². The van der Waals surface area contributed by atoms with E-state index in [0.29, 0.717) is 19.6 Å². The van der Waals surface area contributed by atoms with E-state index in [4.69, 9.17) is 4.74 Å². The van der Waals surface area contributed by atoms with Crippen molar-refractivity contribution in [3.63, 3.8) is 0 Å². The van der Waals surface area contributed by atoms with Crippen LogP contribution in [0.4, 0.5) is 5.69 Å². The van der Waals surface area contributed by atoms with Crippen LogP contribution in [-0.4, -0.2) is 24.3 Å². The predicted molar refractivity (Wildman–Crippen MR) is 123 cm³/mol. The summed E-state index contributed by atoms with van der Waals surface area (Å²) >= 11 is 0. The molecule has 1 heterocycles. The molecule has 4 rings (SSSR count). The fourth-order valence-electron chi connectivity index (χ4n) is 4.54. The van der Waals surface area contributed by atoms with Crippen molar-refractivity contribution >= 4 is 11.7 Å². The predicted octanol–water partition coefficient (Wildman–Crippen LogP) is 5.27. The molecule has 31 heavy (non-hydrogen) atoms. The summed E-state index contributed by atoms with van der Waals surface area (Å²) in [5.41, 5.74) is 4.25. The number of aliphatic carboxylic acids is 1. The van der Waals surface area contributed by atoms with Crippen LogP contribution in [-0.2, 0) is 28.0 Å². The number of hydrogen-bond donors (Lipinski definition) is 1. The fourth-order valence-corrected chi connectivity index (χ4v) is 4.54. The van der Waals surface area contributed by atoms with Gasteiger partial charge in [-0.25, -0.2) is 0 Å². The molecule has 1 aliphatic rings. The Hall–Kier alpha value is -3.11. The topological polar surface area (TPSA) is 49.8 Å². The van der Waals surface area contributed by atoms with Crippen LogP contribution < -0.4 is 4.90 Å². The molecule has 1 saturated heterocycles. The van der Waals surface area contributed by atoms with Gasteiger partial charge in [0.1, 0.15) is 0 Å². The second-order valence-corrected chi connectivity index (χ2v) is 8.32. The van der Waals surface area contributed by atoms with Gasteiger partial charge in [-0.15, -0.1) is 0 Å². The lowest BCUT2D eigenvalue weighted by Gasteiger charge is -2.46. The summed E-state index contributed by atoms with van der Waals surface area (Å²) in [6, 6.07) is 29.3. The van der Waals surface area contributed by atoms with Crippen molar-refractivity contribution in [2.75, 3.05) is 18.1 Å². The second kappa shape index (κ2) is 9.36. The molecule has 0 spiro atoms. The van der Waals surface area contributed by atoms with Crippen molar-refractivity contribution in [3.05, 3.63) is 102 Å². The molecular weight excluding hydrogens is 386 g/mol. The largest absolute Gasteiger partial charge is 0.481 e. The van der Waals surface area contributed by atoms with E-state index in [0.717, 1.165) is 24.3 Å². The molecule has 1 unspecified atom stereocenters. The average Bonchev–Trinajstić information content (AvgIpc) is 2.77. The summed E-state index contributed by atoms with van der Waals surface area (Å²) in [6.45, 7) is 4.48. The van der Waals surface area contributed by atoms with E-state index in [1.807, 2.05) is 19.1 Å². The number of anilines is 1. The number of carbonyl (C=O) groups is 1. The van der Waals surface area contributed by atoms with Crippen molar-refractivity contribution in [2.24, 2.45) is 5.92 Å². The van der Waals surface area contributed by atoms with E-state index in [9.17, 15) is 9.90 Å². The molecule has 4 heteroatoms. The highest BCUT2D eigenvalue weighted by Gasteiger charge is 2.49. The Kier molecular flexibility index (Phi) is 6.38. The van der Waals surface area contributed by atoms with Gasteiger partial charge in [0.05, 0.1) is 24.5 Å². The molecule has 160 valence electrons. The first kappa shape index (κ1) is 21.1. The van der Waals surface area contributed by atoms with E-state index >= 15 is 0 Å². The van der Waals surface area contributed by atoms with Crippen LogP contribution in [0, 0.1) is 5.92 Å². The normalized spacial score (nSPS) is 15.6. The van der Waals surface area contributed by atoms with Gasteiger partial charge in [-0.2, -0.15) is 0 Å². The molecule has 0 bridgehead atoms. The minimum Gasteiger partial charge on any atom is -0.481 e. The van der Waals surface area contributed by atoms with E-state index in [1.54, 1.807) is 0 Å². The summed E-state index contributed by atoms with van der Waals surface area (Å²) in [5.74, 6) is -1.18. The lowest BCUT2D eigenvalue weighted by Crippen LogP contribution is -2.54. The van der Waals surface area contributed by atoms with Crippen LogP contribution in [0.25, 0.3) is 0 Å². The van der Waals surface area contributed by atoms with Crippen LogP contribution in [0.15, 0.2) is 84.9 Å². The zero-order valence-corrected chi connectivity index (χ0v) is 17.9. The van der Waals surface area contributed by atoms with Crippen LogP contribution in [0.1, 0.15) is 30.0 Å². The Morgan fingerprint density at radius 3 is 1.81 bits per heavy atom. The minimum atomic E-state index is -0.746. The highest BCUT2D eigenvalue weighted by atomic mass is 16.5. The number of hydrogen-bond acceptors (Lipinski definition) is 3. The number of carboxylic acid groups (broad SMARTS) is 1. The molecule has 3 aromatic rings. The Bertz CT molecular complexity index is 941. The van der Waals surface area contributed by atoms with Gasteiger partial charge in [0.15, 0.2) is 0 Å². The second-order valence-electron chi connectivity index (χ2n) is 8.32. The van der Waals surface area contributed by atoms with Crippen LogP contribution >= 0.6 is 0 Å². The third kappa shape index (κ3) is 4.49. The van der Waals surface area contributed by atoms with Gasteiger partial charge >= 0.3 is 5.97 Å². The van der Waals surface area contributed by atoms with Gasteiger partial charge < -0.3 is 14.7 Å². The van der Waals surface area contributed by atoms with Crippen LogP contribution in [0.3, 0.4) is 0 Å². The van der Waals surface area contributed by atoms with Gasteiger partial charge in [-0.05, 0) is 35.2 Å². The minimum absolute atomic E-state index is 0.428. The molecule has 3 aromatic carbocycles. The Morgan fingerprint density at radius 1 is 0.903 bits per heavy atom. The molecule has 0 amide bonds. The Balaban J connectivity index is 1.62. The number of benzene rings is 3. The quantitative estimate of drug-likeness (QED) is 0.517. The van der Waals surface area contributed by atoms with Gasteiger partial charge in [-0.1, -0.05) is 79.7 Å². The third-order valence-electron chi connectivity index (χ3n) is 6.33. The molecule has 0 radical (unpaired) electrons. The zero-order chi connectivity index (χ0) is 21.7. The van der Waals surface area contributed by atoms with Crippen molar-refractivity contribution < 1.29 is 14.6 Å². The Labute approximate surface area is 184 Å². The number of carboxylic acids is 1. The van der Waals surface area contributed by atoms with Gasteiger partial charge in [0.25, 0.3) is 0 Å². The molecular formula is C27H29NO3. The summed E-state index contributed by atoms with van der Waals surface area (Å²) in [7, 11) is 0. The maximum Gasteiger partial charge on any atom is 0.307 e. The van der Waals surface area contributed by atoms with Crippen molar-refractivity contribution in [1.29, 1.82) is 0 Å². The number of nitrogens with zero attached hydrogens (tertiary/aromatic N) is 1. The Morgan fingerprint density at radius 2 is 1.42 bits per heavy atom. The lowest BCUT2D eigenvalue weighted by atomic mass is 9.67. The van der Waals surface area contributed by atoms with E-state index in [1.165, 1.54) is 11.1 Å². The van der Waals surface area contributed by atoms with E-state index < -0.39 is 17.3 Å². The van der Waals surface area contributed by atoms with Crippen LogP contribution in [0.5, 0.6) is 0 Å². The van der Waals surface area contributed by atoms with Gasteiger partial charge in [-0.3, -0.25) is 4.79 Å². The molecule has 1 N–H and O–H groups in total. The zero-order valence-electron chi connectivity index (χ0n) is 17.9. The molecule has 1 fully saturated rings. The monoisotopic (exact) mass is 415 g/mol. The average molecular weight is 416 g/mol. The number of rotatable bonds is 9. The molecule has 0 aromatic heterocycles. The first-order valence-corrected chi connectivity index (χ1v) is 10.9. The van der Waals surface area contributed by atoms with Gasteiger partial charge in [0.2, 0.25) is 0 Å². The van der Waals surface area contributed by atoms with Crippen molar-refractivity contribution in [1.82, 2.24) is 0 Å². The molecule has 0 aliphatic carbocycles. The highest BCUT2D eigenvalue weighted by Crippen LogP contribution is 2.42. The SMILES string of the molecule is CCC(C(=O)O)C1(c2ccc(N(Cc3ccccc3)Cc3ccccc3)cc2)COC1. The molecule has 0 saturated carbocycles. The van der Waals surface area contributed by atoms with Crippen LogP contribution in [0.2, 0.25) is 0 Å². The summed E-state index contributed by atoms with van der Waals surface area (Å²) in [6.07, 6.45) is 0.592. The van der Waals surface area contributed by atoms with E-state index in [-0.39, 0.29) is 0 Å². The maximum absolute atomic E-state index is 11.9. The number of ether oxygens (including phenoxy) is 1. The lowest BCUT2D eigenvalue weighted by molar-refractivity contribution is -0.157. The molecule has 4 nitrogen and oxygen atoms in total. The third-order valence-corrected chi connectivity index (χ3v) is 6.33. The summed E-state index contributed by atoms with van der Waals surface area (Å²) < 4.78 is 5.49. The fraction of sp³-hybridized carbons (Fsp3) is 0.296. The maximum atomic E-state index is 11.9.